The Bertz CT molecular complexity index is 1350. The van der Waals surface area contributed by atoms with E-state index in [-0.39, 0.29) is 27.9 Å². The van der Waals surface area contributed by atoms with Crippen molar-refractivity contribution in [2.24, 2.45) is 4.40 Å². The van der Waals surface area contributed by atoms with Crippen LogP contribution in [-0.4, -0.2) is 38.0 Å². The van der Waals surface area contributed by atoms with Crippen LogP contribution in [0, 0.1) is 6.92 Å². The molecule has 0 bridgehead atoms. The molecule has 0 N–H and O–H groups in total. The molecule has 1 amide bonds. The van der Waals surface area contributed by atoms with Crippen molar-refractivity contribution in [1.82, 2.24) is 4.90 Å². The number of hydrogen-bond donors (Lipinski definition) is 0. The van der Waals surface area contributed by atoms with Crippen LogP contribution in [0.5, 0.6) is 0 Å². The van der Waals surface area contributed by atoms with Crippen LogP contribution in [0.25, 0.3) is 0 Å². The molecule has 6 nitrogen and oxygen atoms in total. The summed E-state index contributed by atoms with van der Waals surface area (Å²) in [6.07, 6.45) is 5.24. The smallest absolute Gasteiger partial charge is 0.284 e. The van der Waals surface area contributed by atoms with E-state index in [1.54, 1.807) is 24.3 Å². The van der Waals surface area contributed by atoms with Gasteiger partial charge in [-0.3, -0.25) is 9.69 Å². The third-order valence-electron chi connectivity index (χ3n) is 6.05. The number of allylic oxidation sites excluding steroid dienone is 3. The number of amidine groups is 1. The zero-order valence-electron chi connectivity index (χ0n) is 19.6. The summed E-state index contributed by atoms with van der Waals surface area (Å²) in [6.45, 7) is 10.0. The first-order chi connectivity index (χ1) is 16.1. The van der Waals surface area contributed by atoms with Gasteiger partial charge in [-0.25, -0.2) is 0 Å². The molecule has 2 aromatic rings. The van der Waals surface area contributed by atoms with Crippen LogP contribution in [0.2, 0.25) is 0 Å². The molecule has 176 valence electrons. The quantitative estimate of drug-likeness (QED) is 0.433. The molecule has 4 rings (SSSR count). The molecule has 2 aliphatic heterocycles. The average molecular weight is 494 g/mol. The molecule has 0 spiro atoms. The molecular formula is C26H27N3O3S2. The van der Waals surface area contributed by atoms with Crippen LogP contribution in [0.1, 0.15) is 25.0 Å². The van der Waals surface area contributed by atoms with Gasteiger partial charge in [0.1, 0.15) is 0 Å². The Balaban J connectivity index is 1.70. The van der Waals surface area contributed by atoms with Crippen LogP contribution in [0.4, 0.5) is 5.69 Å². The largest absolute Gasteiger partial charge is 0.347 e. The Morgan fingerprint density at radius 3 is 2.41 bits per heavy atom. The molecule has 34 heavy (non-hydrogen) atoms. The Morgan fingerprint density at radius 2 is 1.76 bits per heavy atom. The molecule has 0 atom stereocenters. The van der Waals surface area contributed by atoms with E-state index in [1.807, 2.05) is 32.2 Å². The summed E-state index contributed by atoms with van der Waals surface area (Å²) < 4.78 is 29.8. The summed E-state index contributed by atoms with van der Waals surface area (Å²) in [5.41, 5.74) is 4.10. The van der Waals surface area contributed by atoms with Crippen molar-refractivity contribution in [2.75, 3.05) is 18.5 Å². The second-order valence-corrected chi connectivity index (χ2v) is 11.4. The second-order valence-electron chi connectivity index (χ2n) is 8.75. The number of benzene rings is 2. The molecule has 2 aliphatic rings. The number of carbonyl (C=O) groups is 1. The van der Waals surface area contributed by atoms with E-state index in [0.29, 0.717) is 4.91 Å². The van der Waals surface area contributed by atoms with Gasteiger partial charge in [-0.05, 0) is 54.6 Å². The SMILES string of the molecule is C=CCN1C(=O)/C(=C/C=C2/N(C)c3ccccc3C2(C)C)S/C1=N/S(=O)(=O)c1ccc(C)cc1. The fourth-order valence-electron chi connectivity index (χ4n) is 4.20. The van der Waals surface area contributed by atoms with E-state index in [0.717, 1.165) is 28.7 Å². The standard InChI is InChI=1S/C26H27N3O3S2/c1-6-17-29-24(30)22(33-25(29)27-34(31,32)19-13-11-18(2)12-14-19)15-16-23-26(3,4)20-9-7-8-10-21(20)28(23)5/h6-16H,1,17H2,2-5H3/b22-15-,23-16+,27-25+. The highest BCUT2D eigenvalue weighted by Crippen LogP contribution is 2.46. The Hall–Kier alpha value is -3.10. The minimum Gasteiger partial charge on any atom is -0.347 e. The van der Waals surface area contributed by atoms with Crippen LogP contribution < -0.4 is 4.90 Å². The summed E-state index contributed by atoms with van der Waals surface area (Å²) in [4.78, 5) is 17.1. The number of anilines is 1. The van der Waals surface area contributed by atoms with Crippen molar-refractivity contribution < 1.29 is 13.2 Å². The Morgan fingerprint density at radius 1 is 1.09 bits per heavy atom. The van der Waals surface area contributed by atoms with E-state index in [9.17, 15) is 13.2 Å². The van der Waals surface area contributed by atoms with Crippen molar-refractivity contribution in [2.45, 2.75) is 31.1 Å². The first-order valence-corrected chi connectivity index (χ1v) is 13.1. The highest BCUT2D eigenvalue weighted by molar-refractivity contribution is 8.19. The van der Waals surface area contributed by atoms with Crippen LogP contribution in [0.3, 0.4) is 0 Å². The van der Waals surface area contributed by atoms with E-state index in [1.165, 1.54) is 22.6 Å². The zero-order chi connectivity index (χ0) is 24.7. The highest BCUT2D eigenvalue weighted by Gasteiger charge is 2.38. The van der Waals surface area contributed by atoms with Crippen molar-refractivity contribution in [3.8, 4) is 0 Å². The van der Waals surface area contributed by atoms with E-state index < -0.39 is 10.0 Å². The number of aryl methyl sites for hydroxylation is 1. The van der Waals surface area contributed by atoms with Crippen LogP contribution >= 0.6 is 11.8 Å². The van der Waals surface area contributed by atoms with Gasteiger partial charge in [0.25, 0.3) is 15.9 Å². The number of sulfonamides is 1. The molecule has 0 unspecified atom stereocenters. The van der Waals surface area contributed by atoms with Gasteiger partial charge < -0.3 is 4.90 Å². The third kappa shape index (κ3) is 4.23. The summed E-state index contributed by atoms with van der Waals surface area (Å²) in [5.74, 6) is -0.296. The lowest BCUT2D eigenvalue weighted by atomic mass is 9.84. The fourth-order valence-corrected chi connectivity index (χ4v) is 6.33. The van der Waals surface area contributed by atoms with Gasteiger partial charge in [0.15, 0.2) is 5.17 Å². The number of likely N-dealkylation sites (N-methyl/N-ethyl adjacent to an activating group) is 1. The number of nitrogens with zero attached hydrogens (tertiary/aromatic N) is 3. The van der Waals surface area contributed by atoms with E-state index >= 15 is 0 Å². The maximum Gasteiger partial charge on any atom is 0.284 e. The lowest BCUT2D eigenvalue weighted by molar-refractivity contribution is -0.121. The average Bonchev–Trinajstić information content (AvgIpc) is 3.18. The Kier molecular flexibility index (Phi) is 6.31. The number of hydrogen-bond acceptors (Lipinski definition) is 5. The Labute approximate surface area is 205 Å². The maximum absolute atomic E-state index is 13.1. The molecule has 1 fully saturated rings. The number of thioether (sulfide) groups is 1. The number of carbonyl (C=O) groups excluding carboxylic acids is 1. The van der Waals surface area contributed by atoms with Gasteiger partial charge in [-0.1, -0.05) is 55.8 Å². The zero-order valence-corrected chi connectivity index (χ0v) is 21.3. The third-order valence-corrected chi connectivity index (χ3v) is 8.47. The first kappa shape index (κ1) is 24.0. The molecule has 2 heterocycles. The number of rotatable bonds is 5. The molecule has 8 heteroatoms. The van der Waals surface area contributed by atoms with Gasteiger partial charge in [-0.2, -0.15) is 8.42 Å². The van der Waals surface area contributed by atoms with Crippen molar-refractivity contribution >= 4 is 38.5 Å². The molecule has 0 saturated carbocycles. The monoisotopic (exact) mass is 493 g/mol. The minimum atomic E-state index is -3.96. The van der Waals surface area contributed by atoms with Gasteiger partial charge in [0, 0.05) is 30.4 Å². The van der Waals surface area contributed by atoms with Crippen molar-refractivity contribution in [1.29, 1.82) is 0 Å². The first-order valence-electron chi connectivity index (χ1n) is 10.8. The normalized spacial score (nSPS) is 21.1. The van der Waals surface area contributed by atoms with Crippen molar-refractivity contribution in [3.63, 3.8) is 0 Å². The molecule has 0 aliphatic carbocycles. The second kappa shape index (κ2) is 8.92. The van der Waals surface area contributed by atoms with E-state index in [2.05, 4.69) is 41.9 Å². The highest BCUT2D eigenvalue weighted by atomic mass is 32.2. The lowest BCUT2D eigenvalue weighted by Crippen LogP contribution is -2.29. The molecule has 1 saturated heterocycles. The van der Waals surface area contributed by atoms with Gasteiger partial charge in [0.05, 0.1) is 9.80 Å². The lowest BCUT2D eigenvalue weighted by Gasteiger charge is -2.23. The van der Waals surface area contributed by atoms with Gasteiger partial charge in [-0.15, -0.1) is 11.0 Å². The number of amides is 1. The minimum absolute atomic E-state index is 0.0869. The fraction of sp³-hybridized carbons (Fsp3) is 0.231. The van der Waals surface area contributed by atoms with Crippen LogP contribution in [0.15, 0.2) is 93.2 Å². The summed E-state index contributed by atoms with van der Waals surface area (Å²) in [7, 11) is -1.96. The maximum atomic E-state index is 13.1. The molecular weight excluding hydrogens is 466 g/mol. The van der Waals surface area contributed by atoms with Crippen LogP contribution in [-0.2, 0) is 20.2 Å². The molecule has 2 aromatic carbocycles. The topological polar surface area (TPSA) is 70.1 Å². The molecule has 0 aromatic heterocycles. The van der Waals surface area contributed by atoms with E-state index in [4.69, 9.17) is 0 Å². The predicted molar refractivity (Wildman–Crippen MR) is 139 cm³/mol. The van der Waals surface area contributed by atoms with Crippen molar-refractivity contribution in [3.05, 3.63) is 95.1 Å². The van der Waals surface area contributed by atoms with Gasteiger partial charge in [0.2, 0.25) is 0 Å². The number of para-hydroxylation sites is 1. The summed E-state index contributed by atoms with van der Waals surface area (Å²) >= 11 is 1.06. The summed E-state index contributed by atoms with van der Waals surface area (Å²) in [6, 6.07) is 14.7. The number of fused-ring (bicyclic) bond motifs is 1. The van der Waals surface area contributed by atoms with Gasteiger partial charge >= 0.3 is 0 Å². The molecule has 0 radical (unpaired) electrons. The predicted octanol–water partition coefficient (Wildman–Crippen LogP) is 5.00. The summed E-state index contributed by atoms with van der Waals surface area (Å²) in [5, 5.41) is 0.123.